The zero-order valence-electron chi connectivity index (χ0n) is 12.7. The molecule has 0 amide bonds. The Bertz CT molecular complexity index is 612. The van der Waals surface area contributed by atoms with E-state index in [1.54, 1.807) is 30.3 Å². The van der Waals surface area contributed by atoms with Crippen LogP contribution in [0.2, 0.25) is 0 Å². The molecule has 0 aromatic heterocycles. The Morgan fingerprint density at radius 2 is 2.10 bits per heavy atom. The van der Waals surface area contributed by atoms with E-state index in [4.69, 9.17) is 10.8 Å². The number of hydrogen-bond acceptors (Lipinski definition) is 4. The lowest BCUT2D eigenvalue weighted by Gasteiger charge is -2.32. The van der Waals surface area contributed by atoms with Crippen molar-refractivity contribution in [2.24, 2.45) is 5.92 Å². The fourth-order valence-electron chi connectivity index (χ4n) is 3.03. The van der Waals surface area contributed by atoms with Crippen LogP contribution in [0.15, 0.2) is 17.0 Å². The smallest absolute Gasteiger partial charge is 0.243 e. The van der Waals surface area contributed by atoms with Crippen molar-refractivity contribution in [3.63, 3.8) is 0 Å². The Morgan fingerprint density at radius 3 is 2.76 bits per heavy atom. The van der Waals surface area contributed by atoms with Crippen LogP contribution in [-0.2, 0) is 10.0 Å². The highest BCUT2D eigenvalue weighted by molar-refractivity contribution is 7.89. The summed E-state index contributed by atoms with van der Waals surface area (Å²) in [6, 6.07) is 3.50. The first-order valence-corrected chi connectivity index (χ1v) is 8.78. The summed E-state index contributed by atoms with van der Waals surface area (Å²) in [7, 11) is -3.53. The van der Waals surface area contributed by atoms with Gasteiger partial charge in [0.05, 0.1) is 4.90 Å². The molecule has 1 fully saturated rings. The largest absolute Gasteiger partial charge is 0.398 e. The lowest BCUT2D eigenvalue weighted by molar-refractivity contribution is 0.203. The summed E-state index contributed by atoms with van der Waals surface area (Å²) in [5.41, 5.74) is 7.73. The molecular weight excluding hydrogens is 288 g/mol. The molecule has 1 atom stereocenters. The second-order valence-electron chi connectivity index (χ2n) is 5.81. The molecule has 0 saturated carbocycles. The fraction of sp³-hybridized carbons (Fsp3) is 0.600. The highest BCUT2D eigenvalue weighted by atomic mass is 32.2. The number of aryl methyl sites for hydroxylation is 1. The molecular formula is C15H24N2O3S. The van der Waals surface area contributed by atoms with Crippen molar-refractivity contribution in [3.8, 4) is 0 Å². The summed E-state index contributed by atoms with van der Waals surface area (Å²) in [4.78, 5) is 0.340. The summed E-state index contributed by atoms with van der Waals surface area (Å²) < 4.78 is 27.4. The zero-order valence-corrected chi connectivity index (χ0v) is 13.5. The molecule has 1 unspecified atom stereocenters. The van der Waals surface area contributed by atoms with E-state index < -0.39 is 10.0 Å². The van der Waals surface area contributed by atoms with Gasteiger partial charge in [0.15, 0.2) is 0 Å². The van der Waals surface area contributed by atoms with E-state index in [-0.39, 0.29) is 12.5 Å². The SMILES string of the molecule is Cc1ccc(N)c(C)c1S(=O)(=O)N1CCCC(CCO)C1. The third-order valence-electron chi connectivity index (χ3n) is 4.26. The molecule has 0 radical (unpaired) electrons. The van der Waals surface area contributed by atoms with Gasteiger partial charge >= 0.3 is 0 Å². The van der Waals surface area contributed by atoms with E-state index in [0.29, 0.717) is 35.7 Å². The minimum absolute atomic E-state index is 0.106. The topological polar surface area (TPSA) is 83.6 Å². The molecule has 0 bridgehead atoms. The van der Waals surface area contributed by atoms with Crippen LogP contribution in [0.25, 0.3) is 0 Å². The third kappa shape index (κ3) is 3.22. The number of aliphatic hydroxyl groups is 1. The standard InChI is InChI=1S/C15H24N2O3S/c1-11-5-6-14(16)12(2)15(11)21(19,20)17-8-3-4-13(10-17)7-9-18/h5-6,13,18H,3-4,7-10,16H2,1-2H3. The summed E-state index contributed by atoms with van der Waals surface area (Å²) in [5, 5.41) is 9.06. The minimum atomic E-state index is -3.53. The number of anilines is 1. The third-order valence-corrected chi connectivity index (χ3v) is 6.42. The summed E-state index contributed by atoms with van der Waals surface area (Å²) in [5.74, 6) is 0.236. The molecule has 118 valence electrons. The van der Waals surface area contributed by atoms with E-state index in [1.807, 2.05) is 0 Å². The number of hydrogen-bond donors (Lipinski definition) is 2. The quantitative estimate of drug-likeness (QED) is 0.828. The second kappa shape index (κ2) is 6.34. The molecule has 1 aromatic rings. The molecule has 0 aliphatic carbocycles. The Labute approximate surface area is 126 Å². The molecule has 1 aromatic carbocycles. The van der Waals surface area contributed by atoms with Crippen LogP contribution in [0.5, 0.6) is 0 Å². The van der Waals surface area contributed by atoms with Gasteiger partial charge in [0, 0.05) is 25.4 Å². The van der Waals surface area contributed by atoms with E-state index in [2.05, 4.69) is 0 Å². The van der Waals surface area contributed by atoms with Crippen molar-refractivity contribution in [1.29, 1.82) is 0 Å². The van der Waals surface area contributed by atoms with Crippen LogP contribution in [0, 0.1) is 19.8 Å². The van der Waals surface area contributed by atoms with Gasteiger partial charge in [-0.1, -0.05) is 6.07 Å². The van der Waals surface area contributed by atoms with E-state index in [9.17, 15) is 8.42 Å². The molecule has 3 N–H and O–H groups in total. The maximum atomic E-state index is 12.9. The molecule has 1 aliphatic rings. The Balaban J connectivity index is 2.36. The number of nitrogen functional groups attached to an aromatic ring is 1. The number of nitrogens with two attached hydrogens (primary N) is 1. The van der Waals surface area contributed by atoms with E-state index in [1.165, 1.54) is 0 Å². The molecule has 0 spiro atoms. The summed E-state index contributed by atoms with van der Waals surface area (Å²) in [6.45, 7) is 4.68. The predicted octanol–water partition coefficient (Wildman–Crippen LogP) is 1.67. The zero-order chi connectivity index (χ0) is 15.6. The van der Waals surface area contributed by atoms with Crippen LogP contribution in [0.3, 0.4) is 0 Å². The second-order valence-corrected chi connectivity index (χ2v) is 7.68. The number of piperidine rings is 1. The van der Waals surface area contributed by atoms with Crippen LogP contribution in [0.1, 0.15) is 30.4 Å². The molecule has 1 heterocycles. The Kier molecular flexibility index (Phi) is 4.91. The summed E-state index contributed by atoms with van der Waals surface area (Å²) >= 11 is 0. The van der Waals surface area contributed by atoms with Gasteiger partial charge in [-0.15, -0.1) is 0 Å². The van der Waals surface area contributed by atoms with Crippen molar-refractivity contribution in [2.45, 2.75) is 38.0 Å². The van der Waals surface area contributed by atoms with Crippen molar-refractivity contribution in [2.75, 3.05) is 25.4 Å². The molecule has 6 heteroatoms. The monoisotopic (exact) mass is 312 g/mol. The number of sulfonamides is 1. The molecule has 1 saturated heterocycles. The van der Waals surface area contributed by atoms with Crippen LogP contribution in [-0.4, -0.2) is 37.5 Å². The molecule has 2 rings (SSSR count). The van der Waals surface area contributed by atoms with Gasteiger partial charge in [0.25, 0.3) is 0 Å². The van der Waals surface area contributed by atoms with E-state index >= 15 is 0 Å². The number of rotatable bonds is 4. The van der Waals surface area contributed by atoms with Crippen LogP contribution < -0.4 is 5.73 Å². The maximum Gasteiger partial charge on any atom is 0.243 e. The van der Waals surface area contributed by atoms with Gasteiger partial charge in [0.2, 0.25) is 10.0 Å². The first-order chi connectivity index (χ1) is 9.87. The van der Waals surface area contributed by atoms with Crippen molar-refractivity contribution < 1.29 is 13.5 Å². The van der Waals surface area contributed by atoms with Gasteiger partial charge in [-0.3, -0.25) is 0 Å². The average molecular weight is 312 g/mol. The number of nitrogens with zero attached hydrogens (tertiary/aromatic N) is 1. The first-order valence-electron chi connectivity index (χ1n) is 7.34. The number of benzene rings is 1. The maximum absolute atomic E-state index is 12.9. The van der Waals surface area contributed by atoms with Crippen molar-refractivity contribution in [1.82, 2.24) is 4.31 Å². The van der Waals surface area contributed by atoms with Gasteiger partial charge in [-0.05, 0) is 56.2 Å². The highest BCUT2D eigenvalue weighted by Gasteiger charge is 2.32. The Hall–Kier alpha value is -1.11. The van der Waals surface area contributed by atoms with Gasteiger partial charge in [0.1, 0.15) is 0 Å². The molecule has 5 nitrogen and oxygen atoms in total. The molecule has 21 heavy (non-hydrogen) atoms. The van der Waals surface area contributed by atoms with E-state index in [0.717, 1.165) is 18.4 Å². The normalized spacial score (nSPS) is 20.6. The average Bonchev–Trinajstić information content (AvgIpc) is 2.44. The lowest BCUT2D eigenvalue weighted by Crippen LogP contribution is -2.40. The highest BCUT2D eigenvalue weighted by Crippen LogP contribution is 2.30. The van der Waals surface area contributed by atoms with Gasteiger partial charge in [-0.25, -0.2) is 8.42 Å². The Morgan fingerprint density at radius 1 is 1.38 bits per heavy atom. The first kappa shape index (κ1) is 16.3. The predicted molar refractivity (Wildman–Crippen MR) is 83.5 cm³/mol. The van der Waals surface area contributed by atoms with Gasteiger partial charge in [-0.2, -0.15) is 4.31 Å². The minimum Gasteiger partial charge on any atom is -0.398 e. The van der Waals surface area contributed by atoms with Crippen molar-refractivity contribution in [3.05, 3.63) is 23.3 Å². The molecule has 1 aliphatic heterocycles. The lowest BCUT2D eigenvalue weighted by atomic mass is 9.97. The van der Waals surface area contributed by atoms with Crippen LogP contribution >= 0.6 is 0 Å². The van der Waals surface area contributed by atoms with Gasteiger partial charge < -0.3 is 10.8 Å². The summed E-state index contributed by atoms with van der Waals surface area (Å²) in [6.07, 6.45) is 2.46. The van der Waals surface area contributed by atoms with Crippen molar-refractivity contribution >= 4 is 15.7 Å². The van der Waals surface area contributed by atoms with Crippen LogP contribution in [0.4, 0.5) is 5.69 Å². The fourth-order valence-corrected chi connectivity index (χ4v) is 5.05. The number of aliphatic hydroxyl groups excluding tert-OH is 1.